The number of para-hydroxylation sites is 1. The Morgan fingerprint density at radius 3 is 2.66 bits per heavy atom. The molecule has 192 valence electrons. The fraction of sp³-hybridized carbons (Fsp3) is 0.323. The van der Waals surface area contributed by atoms with E-state index < -0.39 is 0 Å². The lowest BCUT2D eigenvalue weighted by atomic mass is 9.81. The molecule has 0 saturated heterocycles. The minimum Gasteiger partial charge on any atom is -0.382 e. The summed E-state index contributed by atoms with van der Waals surface area (Å²) in [7, 11) is 0. The van der Waals surface area contributed by atoms with Gasteiger partial charge in [-0.2, -0.15) is 0 Å². The third kappa shape index (κ3) is 4.12. The Labute approximate surface area is 221 Å². The summed E-state index contributed by atoms with van der Waals surface area (Å²) < 4.78 is 2.13. The predicted octanol–water partition coefficient (Wildman–Crippen LogP) is 5.65. The molecule has 38 heavy (non-hydrogen) atoms. The Morgan fingerprint density at radius 1 is 1.05 bits per heavy atom. The van der Waals surface area contributed by atoms with Crippen molar-refractivity contribution in [3.8, 4) is 11.4 Å². The summed E-state index contributed by atoms with van der Waals surface area (Å²) in [6, 6.07) is 20.8. The molecule has 2 atom stereocenters. The molecule has 4 N–H and O–H groups in total. The highest BCUT2D eigenvalue weighted by Crippen LogP contribution is 2.47. The van der Waals surface area contributed by atoms with Gasteiger partial charge in [-0.05, 0) is 61.6 Å². The third-order valence-corrected chi connectivity index (χ3v) is 8.53. The lowest BCUT2D eigenvalue weighted by Gasteiger charge is -2.28. The first-order chi connectivity index (χ1) is 18.7. The Bertz CT molecular complexity index is 1580. The SMILES string of the molecule is Nc1nccn2c(C3CCC(CNC(=O)C4C[C@H]4c4ccccc4)CC3)nc(-c3cc4ccccc4[nH]3)c12. The quantitative estimate of drug-likeness (QED) is 0.278. The summed E-state index contributed by atoms with van der Waals surface area (Å²) in [6.07, 6.45) is 8.94. The number of aromatic amines is 1. The normalized spacial score (nSPS) is 23.1. The van der Waals surface area contributed by atoms with Crippen molar-refractivity contribution in [3.63, 3.8) is 0 Å². The van der Waals surface area contributed by atoms with Gasteiger partial charge < -0.3 is 16.0 Å². The van der Waals surface area contributed by atoms with Crippen LogP contribution in [0.15, 0.2) is 73.1 Å². The number of carbonyl (C=O) groups is 1. The maximum atomic E-state index is 12.8. The number of hydrogen-bond donors (Lipinski definition) is 3. The maximum Gasteiger partial charge on any atom is 0.223 e. The molecule has 7 rings (SSSR count). The number of rotatable bonds is 6. The van der Waals surface area contributed by atoms with E-state index in [0.29, 0.717) is 23.6 Å². The van der Waals surface area contributed by atoms with Crippen LogP contribution in [0.3, 0.4) is 0 Å². The van der Waals surface area contributed by atoms with Gasteiger partial charge in [0.05, 0.1) is 5.69 Å². The van der Waals surface area contributed by atoms with Crippen LogP contribution in [-0.4, -0.2) is 31.8 Å². The van der Waals surface area contributed by atoms with Gasteiger partial charge >= 0.3 is 0 Å². The highest BCUT2D eigenvalue weighted by molar-refractivity contribution is 5.91. The fourth-order valence-corrected chi connectivity index (χ4v) is 6.32. The molecule has 1 amide bonds. The molecule has 0 aliphatic heterocycles. The van der Waals surface area contributed by atoms with E-state index in [2.05, 4.69) is 62.2 Å². The summed E-state index contributed by atoms with van der Waals surface area (Å²) in [5.74, 6) is 3.13. The smallest absolute Gasteiger partial charge is 0.223 e. The third-order valence-electron chi connectivity index (χ3n) is 8.53. The van der Waals surface area contributed by atoms with Crippen LogP contribution < -0.4 is 11.1 Å². The average Bonchev–Trinajstić information content (AvgIpc) is 3.49. The second-order valence-corrected chi connectivity index (χ2v) is 10.9. The van der Waals surface area contributed by atoms with Crippen LogP contribution in [0, 0.1) is 11.8 Å². The topological polar surface area (TPSA) is 101 Å². The molecule has 2 aliphatic rings. The highest BCUT2D eigenvalue weighted by Gasteiger charge is 2.43. The predicted molar refractivity (Wildman–Crippen MR) is 150 cm³/mol. The summed E-state index contributed by atoms with van der Waals surface area (Å²) in [5.41, 5.74) is 11.4. The number of nitrogens with two attached hydrogens (primary N) is 1. The van der Waals surface area contributed by atoms with E-state index in [1.165, 1.54) is 5.56 Å². The molecule has 0 radical (unpaired) electrons. The number of nitrogens with one attached hydrogen (secondary N) is 2. The number of imidazole rings is 1. The first kappa shape index (κ1) is 23.0. The second-order valence-electron chi connectivity index (χ2n) is 10.9. The van der Waals surface area contributed by atoms with Crippen LogP contribution in [0.1, 0.15) is 55.3 Å². The number of carbonyl (C=O) groups excluding carboxylic acids is 1. The first-order valence-corrected chi connectivity index (χ1v) is 13.7. The van der Waals surface area contributed by atoms with Crippen LogP contribution in [0.25, 0.3) is 27.8 Å². The largest absolute Gasteiger partial charge is 0.382 e. The van der Waals surface area contributed by atoms with Crippen molar-refractivity contribution in [2.45, 2.75) is 43.9 Å². The molecule has 2 fully saturated rings. The van der Waals surface area contributed by atoms with Gasteiger partial charge in [-0.1, -0.05) is 48.5 Å². The summed E-state index contributed by atoms with van der Waals surface area (Å²) in [6.45, 7) is 0.767. The van der Waals surface area contributed by atoms with E-state index in [1.54, 1.807) is 6.20 Å². The van der Waals surface area contributed by atoms with Crippen molar-refractivity contribution in [1.29, 1.82) is 0 Å². The lowest BCUT2D eigenvalue weighted by Crippen LogP contribution is -2.32. The molecule has 0 bridgehead atoms. The maximum absolute atomic E-state index is 12.8. The molecule has 7 nitrogen and oxygen atoms in total. The molecular weight excluding hydrogens is 472 g/mol. The monoisotopic (exact) mass is 504 g/mol. The van der Waals surface area contributed by atoms with Gasteiger partial charge in [-0.25, -0.2) is 9.97 Å². The van der Waals surface area contributed by atoms with Crippen LogP contribution in [0.2, 0.25) is 0 Å². The van der Waals surface area contributed by atoms with Gasteiger partial charge in [0.2, 0.25) is 5.91 Å². The molecule has 1 unspecified atom stereocenters. The summed E-state index contributed by atoms with van der Waals surface area (Å²) >= 11 is 0. The van der Waals surface area contributed by atoms with Crippen LogP contribution in [-0.2, 0) is 4.79 Å². The fourth-order valence-electron chi connectivity index (χ4n) is 6.32. The molecule has 0 spiro atoms. The Balaban J connectivity index is 1.03. The zero-order valence-corrected chi connectivity index (χ0v) is 21.3. The van der Waals surface area contributed by atoms with E-state index in [9.17, 15) is 4.79 Å². The van der Waals surface area contributed by atoms with Crippen LogP contribution in [0.4, 0.5) is 5.82 Å². The summed E-state index contributed by atoms with van der Waals surface area (Å²) in [4.78, 5) is 25.8. The van der Waals surface area contributed by atoms with Crippen molar-refractivity contribution < 1.29 is 4.79 Å². The zero-order valence-electron chi connectivity index (χ0n) is 21.3. The van der Waals surface area contributed by atoms with E-state index in [4.69, 9.17) is 10.7 Å². The molecule has 3 aromatic heterocycles. The number of nitrogens with zero attached hydrogens (tertiary/aromatic N) is 3. The highest BCUT2D eigenvalue weighted by atomic mass is 16.2. The molecule has 2 aliphatic carbocycles. The van der Waals surface area contributed by atoms with Crippen molar-refractivity contribution in [2.75, 3.05) is 12.3 Å². The van der Waals surface area contributed by atoms with Crippen molar-refractivity contribution in [3.05, 3.63) is 84.4 Å². The van der Waals surface area contributed by atoms with Gasteiger partial charge in [0.25, 0.3) is 0 Å². The number of amides is 1. The van der Waals surface area contributed by atoms with Crippen molar-refractivity contribution in [1.82, 2.24) is 24.7 Å². The minimum atomic E-state index is 0.132. The average molecular weight is 505 g/mol. The van der Waals surface area contributed by atoms with Crippen molar-refractivity contribution in [2.24, 2.45) is 11.8 Å². The van der Waals surface area contributed by atoms with Crippen molar-refractivity contribution >= 4 is 28.1 Å². The molecule has 2 saturated carbocycles. The zero-order chi connectivity index (χ0) is 25.6. The van der Waals surface area contributed by atoms with Gasteiger partial charge in [0, 0.05) is 41.7 Å². The van der Waals surface area contributed by atoms with E-state index >= 15 is 0 Å². The molecule has 3 heterocycles. The van der Waals surface area contributed by atoms with Gasteiger partial charge in [0.1, 0.15) is 22.9 Å². The molecular formula is C31H32N6O. The van der Waals surface area contributed by atoms with Gasteiger partial charge in [-0.15, -0.1) is 0 Å². The number of fused-ring (bicyclic) bond motifs is 2. The standard InChI is InChI=1S/C31H32N6O/c32-29-28-27(26-16-22-8-4-5-9-25(22)35-26)36-30(37(28)15-14-33-29)21-12-10-19(11-13-21)18-34-31(38)24-17-23(24)20-6-2-1-3-7-20/h1-9,14-16,19,21,23-24,35H,10-13,17-18H2,(H2,32,33)(H,34,38)/t19?,21?,23-,24?/m0/s1. The Kier molecular flexibility index (Phi) is 5.64. The Hall–Kier alpha value is -4.13. The van der Waals surface area contributed by atoms with E-state index in [1.807, 2.05) is 24.4 Å². The number of aromatic nitrogens is 4. The number of anilines is 1. The van der Waals surface area contributed by atoms with Crippen LogP contribution >= 0.6 is 0 Å². The summed E-state index contributed by atoms with van der Waals surface area (Å²) in [5, 5.41) is 4.40. The first-order valence-electron chi connectivity index (χ1n) is 13.7. The van der Waals surface area contributed by atoms with Gasteiger partial charge in [-0.3, -0.25) is 9.20 Å². The van der Waals surface area contributed by atoms with Crippen LogP contribution in [0.5, 0.6) is 0 Å². The Morgan fingerprint density at radius 2 is 1.84 bits per heavy atom. The minimum absolute atomic E-state index is 0.132. The molecule has 2 aromatic carbocycles. The number of benzene rings is 2. The lowest BCUT2D eigenvalue weighted by molar-refractivity contribution is -0.122. The van der Waals surface area contributed by atoms with E-state index in [0.717, 1.165) is 72.3 Å². The second kappa shape index (κ2) is 9.31. The number of H-pyrrole nitrogens is 1. The molecule has 5 aromatic rings. The number of nitrogen functional groups attached to an aromatic ring is 1. The van der Waals surface area contributed by atoms with Gasteiger partial charge in [0.15, 0.2) is 0 Å². The molecule has 7 heteroatoms. The van der Waals surface area contributed by atoms with E-state index in [-0.39, 0.29) is 11.8 Å². The number of hydrogen-bond acceptors (Lipinski definition) is 4.